The summed E-state index contributed by atoms with van der Waals surface area (Å²) in [7, 11) is 0. The molecule has 1 aromatic heterocycles. The van der Waals surface area contributed by atoms with Gasteiger partial charge in [0, 0.05) is 26.2 Å². The van der Waals surface area contributed by atoms with Gasteiger partial charge < -0.3 is 14.6 Å². The van der Waals surface area contributed by atoms with Crippen molar-refractivity contribution in [1.82, 2.24) is 10.3 Å². The van der Waals surface area contributed by atoms with Crippen LogP contribution in [0.3, 0.4) is 0 Å². The molecule has 2 fully saturated rings. The van der Waals surface area contributed by atoms with Gasteiger partial charge in [-0.05, 0) is 24.0 Å². The number of nitrogens with zero attached hydrogens (tertiary/aromatic N) is 2. The lowest BCUT2D eigenvalue weighted by Gasteiger charge is -2.13. The monoisotopic (exact) mass is 229 g/mol. The Morgan fingerprint density at radius 1 is 1.18 bits per heavy atom. The molecule has 0 bridgehead atoms. The van der Waals surface area contributed by atoms with Crippen molar-refractivity contribution in [3.05, 3.63) is 24.3 Å². The molecule has 0 radical (unpaired) electrons. The summed E-state index contributed by atoms with van der Waals surface area (Å²) in [6.07, 6.45) is 0. The highest BCUT2D eigenvalue weighted by atomic mass is 16.4. The Kier molecular flexibility index (Phi) is 1.93. The van der Waals surface area contributed by atoms with E-state index < -0.39 is 0 Å². The summed E-state index contributed by atoms with van der Waals surface area (Å²) in [6, 6.07) is 8.75. The molecule has 2 saturated heterocycles. The summed E-state index contributed by atoms with van der Waals surface area (Å²) in [5.74, 6) is 1.54. The van der Waals surface area contributed by atoms with Crippen LogP contribution in [0.15, 0.2) is 28.7 Å². The van der Waals surface area contributed by atoms with Crippen LogP contribution < -0.4 is 10.2 Å². The van der Waals surface area contributed by atoms with Gasteiger partial charge in [0.2, 0.25) is 0 Å². The predicted octanol–water partition coefficient (Wildman–Crippen LogP) is 1.48. The smallest absolute Gasteiger partial charge is 0.298 e. The van der Waals surface area contributed by atoms with E-state index in [9.17, 15) is 0 Å². The molecule has 2 atom stereocenters. The Morgan fingerprint density at radius 3 is 2.71 bits per heavy atom. The summed E-state index contributed by atoms with van der Waals surface area (Å²) >= 11 is 0. The Morgan fingerprint density at radius 2 is 1.94 bits per heavy atom. The minimum Gasteiger partial charge on any atom is -0.423 e. The number of fused-ring (bicyclic) bond motifs is 2. The summed E-state index contributed by atoms with van der Waals surface area (Å²) < 4.78 is 5.81. The van der Waals surface area contributed by atoms with E-state index in [1.54, 1.807) is 0 Å². The van der Waals surface area contributed by atoms with E-state index in [2.05, 4.69) is 15.2 Å². The third-order valence-electron chi connectivity index (χ3n) is 3.94. The van der Waals surface area contributed by atoms with Gasteiger partial charge >= 0.3 is 0 Å². The first-order valence-corrected chi connectivity index (χ1v) is 6.21. The summed E-state index contributed by atoms with van der Waals surface area (Å²) in [4.78, 5) is 6.85. The molecule has 3 heterocycles. The van der Waals surface area contributed by atoms with Crippen LogP contribution in [0, 0.1) is 11.8 Å². The maximum atomic E-state index is 5.81. The van der Waals surface area contributed by atoms with E-state index in [1.807, 2.05) is 24.3 Å². The number of hydrogen-bond donors (Lipinski definition) is 1. The molecule has 17 heavy (non-hydrogen) atoms. The van der Waals surface area contributed by atoms with Crippen molar-refractivity contribution in [2.45, 2.75) is 0 Å². The Bertz CT molecular complexity index is 505. The number of anilines is 1. The van der Waals surface area contributed by atoms with Crippen molar-refractivity contribution >= 4 is 17.1 Å². The average molecular weight is 229 g/mol. The van der Waals surface area contributed by atoms with Crippen LogP contribution in [0.4, 0.5) is 6.01 Å². The fourth-order valence-electron chi connectivity index (χ4n) is 3.01. The summed E-state index contributed by atoms with van der Waals surface area (Å²) in [5, 5.41) is 3.45. The first-order chi connectivity index (χ1) is 8.40. The van der Waals surface area contributed by atoms with Crippen LogP contribution in [0.25, 0.3) is 11.1 Å². The van der Waals surface area contributed by atoms with Crippen LogP contribution in [0.5, 0.6) is 0 Å². The third kappa shape index (κ3) is 1.44. The zero-order chi connectivity index (χ0) is 11.2. The maximum absolute atomic E-state index is 5.81. The predicted molar refractivity (Wildman–Crippen MR) is 66.1 cm³/mol. The van der Waals surface area contributed by atoms with Gasteiger partial charge in [-0.3, -0.25) is 0 Å². The average Bonchev–Trinajstić information content (AvgIpc) is 3.01. The number of aromatic nitrogens is 1. The van der Waals surface area contributed by atoms with Gasteiger partial charge in [-0.2, -0.15) is 4.98 Å². The molecule has 0 unspecified atom stereocenters. The molecule has 88 valence electrons. The fourth-order valence-corrected chi connectivity index (χ4v) is 3.01. The second-order valence-electron chi connectivity index (χ2n) is 5.05. The second kappa shape index (κ2) is 3.47. The molecule has 2 aliphatic rings. The van der Waals surface area contributed by atoms with E-state index in [1.165, 1.54) is 0 Å². The molecule has 0 spiro atoms. The molecule has 4 rings (SSSR count). The molecular formula is C13H15N3O. The van der Waals surface area contributed by atoms with Gasteiger partial charge in [-0.15, -0.1) is 0 Å². The number of benzene rings is 1. The van der Waals surface area contributed by atoms with E-state index in [-0.39, 0.29) is 0 Å². The van der Waals surface area contributed by atoms with Crippen molar-refractivity contribution in [3.8, 4) is 0 Å². The normalized spacial score (nSPS) is 27.9. The molecule has 1 aromatic carbocycles. The minimum absolute atomic E-state index is 0.769. The molecule has 2 aromatic rings. The second-order valence-corrected chi connectivity index (χ2v) is 5.05. The van der Waals surface area contributed by atoms with E-state index in [0.29, 0.717) is 0 Å². The van der Waals surface area contributed by atoms with Crippen LogP contribution >= 0.6 is 0 Å². The summed E-state index contributed by atoms with van der Waals surface area (Å²) in [6.45, 7) is 4.43. The van der Waals surface area contributed by atoms with E-state index in [0.717, 1.165) is 55.1 Å². The molecule has 0 saturated carbocycles. The molecule has 1 N–H and O–H groups in total. The van der Waals surface area contributed by atoms with Gasteiger partial charge in [0.15, 0.2) is 5.58 Å². The molecule has 0 aliphatic carbocycles. The lowest BCUT2D eigenvalue weighted by atomic mass is 10.0. The topological polar surface area (TPSA) is 41.3 Å². The van der Waals surface area contributed by atoms with Crippen molar-refractivity contribution in [2.24, 2.45) is 11.8 Å². The van der Waals surface area contributed by atoms with Gasteiger partial charge in [-0.25, -0.2) is 0 Å². The maximum Gasteiger partial charge on any atom is 0.298 e. The Labute approximate surface area is 99.6 Å². The highest BCUT2D eigenvalue weighted by Crippen LogP contribution is 2.31. The standard InChI is InChI=1S/C13H15N3O/c1-2-4-12-11(3-1)15-13(17-12)16-7-9-5-14-6-10(9)8-16/h1-4,9-10,14H,5-8H2/t9-,10+. The SMILES string of the molecule is c1ccc2oc(N3C[C@H]4CNC[C@H]4C3)nc2c1. The Balaban J connectivity index is 1.66. The van der Waals surface area contributed by atoms with Gasteiger partial charge in [0.1, 0.15) is 5.52 Å². The van der Waals surface area contributed by atoms with Crippen molar-refractivity contribution in [3.63, 3.8) is 0 Å². The first kappa shape index (κ1) is 9.48. The molecule has 2 aliphatic heterocycles. The quantitative estimate of drug-likeness (QED) is 0.804. The zero-order valence-corrected chi connectivity index (χ0v) is 9.60. The zero-order valence-electron chi connectivity index (χ0n) is 9.60. The lowest BCUT2D eigenvalue weighted by Crippen LogP contribution is -2.25. The molecule has 4 heteroatoms. The number of rotatable bonds is 1. The van der Waals surface area contributed by atoms with Crippen molar-refractivity contribution in [1.29, 1.82) is 0 Å². The van der Waals surface area contributed by atoms with Crippen LogP contribution in [-0.2, 0) is 0 Å². The van der Waals surface area contributed by atoms with Crippen molar-refractivity contribution in [2.75, 3.05) is 31.1 Å². The highest BCUT2D eigenvalue weighted by Gasteiger charge is 2.37. The first-order valence-electron chi connectivity index (χ1n) is 6.21. The number of para-hydroxylation sites is 2. The molecular weight excluding hydrogens is 214 g/mol. The van der Waals surface area contributed by atoms with Crippen molar-refractivity contribution < 1.29 is 4.42 Å². The highest BCUT2D eigenvalue weighted by molar-refractivity contribution is 5.74. The minimum atomic E-state index is 0.769. The van der Waals surface area contributed by atoms with E-state index in [4.69, 9.17) is 4.42 Å². The van der Waals surface area contributed by atoms with Gasteiger partial charge in [0.05, 0.1) is 0 Å². The lowest BCUT2D eigenvalue weighted by molar-refractivity contribution is 0.533. The largest absolute Gasteiger partial charge is 0.423 e. The van der Waals surface area contributed by atoms with E-state index >= 15 is 0 Å². The van der Waals surface area contributed by atoms with Gasteiger partial charge in [-0.1, -0.05) is 12.1 Å². The van der Waals surface area contributed by atoms with Crippen LogP contribution in [0.2, 0.25) is 0 Å². The number of oxazole rings is 1. The number of nitrogens with one attached hydrogen (secondary N) is 1. The van der Waals surface area contributed by atoms with Crippen LogP contribution in [0.1, 0.15) is 0 Å². The number of hydrogen-bond acceptors (Lipinski definition) is 4. The van der Waals surface area contributed by atoms with Crippen LogP contribution in [-0.4, -0.2) is 31.2 Å². The molecule has 0 amide bonds. The third-order valence-corrected chi connectivity index (χ3v) is 3.94. The molecule has 4 nitrogen and oxygen atoms in total. The van der Waals surface area contributed by atoms with Gasteiger partial charge in [0.25, 0.3) is 6.01 Å². The Hall–Kier alpha value is -1.55. The summed E-state index contributed by atoms with van der Waals surface area (Å²) in [5.41, 5.74) is 1.84. The fraction of sp³-hybridized carbons (Fsp3) is 0.462.